The van der Waals surface area contributed by atoms with Gasteiger partial charge >= 0.3 is 0 Å². The molecule has 0 amide bonds. The first-order valence-corrected chi connectivity index (χ1v) is 13.4. The maximum Gasteiger partial charge on any atom is 0.263 e. The highest BCUT2D eigenvalue weighted by molar-refractivity contribution is 7.92. The Labute approximate surface area is 197 Å². The number of hydrogen-bond acceptors (Lipinski definition) is 4. The van der Waals surface area contributed by atoms with Crippen molar-refractivity contribution in [2.45, 2.75) is 29.7 Å². The first-order chi connectivity index (χ1) is 15.1. The lowest BCUT2D eigenvalue weighted by atomic mass is 10.0. The van der Waals surface area contributed by atoms with E-state index in [-0.39, 0.29) is 26.4 Å². The number of benzene rings is 3. The van der Waals surface area contributed by atoms with E-state index in [1.807, 2.05) is 13.0 Å². The molecule has 1 aliphatic rings. The van der Waals surface area contributed by atoms with Crippen molar-refractivity contribution in [3.05, 3.63) is 87.4 Å². The van der Waals surface area contributed by atoms with Crippen LogP contribution in [0.15, 0.2) is 70.5 Å². The van der Waals surface area contributed by atoms with Gasteiger partial charge in [-0.05, 0) is 66.9 Å². The molecule has 6 nitrogen and oxygen atoms in total. The minimum atomic E-state index is -3.98. The third-order valence-electron chi connectivity index (χ3n) is 5.28. The quantitative estimate of drug-likeness (QED) is 0.531. The molecule has 0 fully saturated rings. The van der Waals surface area contributed by atoms with Crippen molar-refractivity contribution in [3.63, 3.8) is 0 Å². The summed E-state index contributed by atoms with van der Waals surface area (Å²) in [6.45, 7) is 2.40. The van der Waals surface area contributed by atoms with Crippen LogP contribution in [-0.2, 0) is 33.0 Å². The van der Waals surface area contributed by atoms with Crippen molar-refractivity contribution >= 4 is 48.9 Å². The highest BCUT2D eigenvalue weighted by Crippen LogP contribution is 2.30. The van der Waals surface area contributed by atoms with Crippen LogP contribution in [0.1, 0.15) is 16.7 Å². The van der Waals surface area contributed by atoms with E-state index in [4.69, 9.17) is 23.2 Å². The van der Waals surface area contributed by atoms with Gasteiger partial charge in [0.15, 0.2) is 0 Å². The molecule has 1 heterocycles. The van der Waals surface area contributed by atoms with E-state index in [1.54, 1.807) is 36.4 Å². The summed E-state index contributed by atoms with van der Waals surface area (Å²) in [7, 11) is -7.64. The van der Waals surface area contributed by atoms with Crippen LogP contribution in [-0.4, -0.2) is 27.7 Å². The van der Waals surface area contributed by atoms with Gasteiger partial charge < -0.3 is 0 Å². The molecule has 0 aromatic heterocycles. The van der Waals surface area contributed by atoms with Crippen molar-refractivity contribution in [2.75, 3.05) is 11.3 Å². The van der Waals surface area contributed by atoms with Crippen LogP contribution in [0.5, 0.6) is 0 Å². The molecule has 0 aliphatic carbocycles. The molecule has 4 rings (SSSR count). The number of sulfonamides is 2. The molecule has 1 N–H and O–H groups in total. The summed E-state index contributed by atoms with van der Waals surface area (Å²) in [6, 6.07) is 16.0. The van der Waals surface area contributed by atoms with Gasteiger partial charge in [0.2, 0.25) is 10.0 Å². The zero-order valence-corrected chi connectivity index (χ0v) is 20.2. The Bertz CT molecular complexity index is 1390. The maximum atomic E-state index is 13.1. The van der Waals surface area contributed by atoms with E-state index in [2.05, 4.69) is 4.72 Å². The van der Waals surface area contributed by atoms with Crippen LogP contribution < -0.4 is 4.72 Å². The number of anilines is 1. The van der Waals surface area contributed by atoms with Crippen LogP contribution >= 0.6 is 23.2 Å². The fraction of sp³-hybridized carbons (Fsp3) is 0.182. The van der Waals surface area contributed by atoms with Gasteiger partial charge in [-0.1, -0.05) is 47.0 Å². The lowest BCUT2D eigenvalue weighted by Gasteiger charge is -2.28. The normalized spacial score (nSPS) is 14.7. The van der Waals surface area contributed by atoms with Crippen molar-refractivity contribution in [1.29, 1.82) is 0 Å². The third-order valence-corrected chi connectivity index (χ3v) is 9.23. The average molecular weight is 511 g/mol. The Morgan fingerprint density at radius 3 is 2.31 bits per heavy atom. The predicted octanol–water partition coefficient (Wildman–Crippen LogP) is 4.85. The molecule has 168 valence electrons. The molecular weight excluding hydrogens is 491 g/mol. The smallest absolute Gasteiger partial charge is 0.263 e. The first-order valence-electron chi connectivity index (χ1n) is 9.73. The topological polar surface area (TPSA) is 83.6 Å². The number of aryl methyl sites for hydroxylation is 1. The lowest BCUT2D eigenvalue weighted by Crippen LogP contribution is -2.36. The second-order valence-electron chi connectivity index (χ2n) is 7.57. The Morgan fingerprint density at radius 1 is 0.875 bits per heavy atom. The Balaban J connectivity index is 1.60. The second-order valence-corrected chi connectivity index (χ2v) is 12.0. The zero-order valence-electron chi connectivity index (χ0n) is 17.0. The van der Waals surface area contributed by atoms with E-state index in [0.29, 0.717) is 18.7 Å². The van der Waals surface area contributed by atoms with Gasteiger partial charge in [-0.3, -0.25) is 4.72 Å². The average Bonchev–Trinajstić information content (AvgIpc) is 2.75. The van der Waals surface area contributed by atoms with Gasteiger partial charge in [0, 0.05) is 23.8 Å². The molecule has 0 saturated heterocycles. The van der Waals surface area contributed by atoms with Crippen molar-refractivity contribution in [2.24, 2.45) is 0 Å². The summed E-state index contributed by atoms with van der Waals surface area (Å²) in [5, 5.41) is 0.299. The molecule has 1 aliphatic heterocycles. The maximum absolute atomic E-state index is 13.1. The highest BCUT2D eigenvalue weighted by atomic mass is 35.5. The fourth-order valence-electron chi connectivity index (χ4n) is 3.55. The van der Waals surface area contributed by atoms with Gasteiger partial charge in [-0.15, -0.1) is 0 Å². The SMILES string of the molecule is Cc1ccc(S(=O)(=O)N2CCc3ccc(NS(=O)(=O)c4cc(Cl)ccc4Cl)cc3C2)cc1. The lowest BCUT2D eigenvalue weighted by molar-refractivity contribution is 0.391. The van der Waals surface area contributed by atoms with Gasteiger partial charge in [0.25, 0.3) is 10.0 Å². The number of nitrogens with zero attached hydrogens (tertiary/aromatic N) is 1. The van der Waals surface area contributed by atoms with Crippen molar-refractivity contribution in [1.82, 2.24) is 4.31 Å². The summed E-state index contributed by atoms with van der Waals surface area (Å²) in [5.41, 5.74) is 3.01. The standard InChI is InChI=1S/C22H20Cl2N2O4S2/c1-15-2-7-20(8-3-15)32(29,30)26-11-10-16-4-6-19(12-17(16)14-26)25-31(27,28)22-13-18(23)5-9-21(22)24/h2-9,12-13,25H,10-11,14H2,1H3. The number of nitrogens with one attached hydrogen (secondary N) is 1. The van der Waals surface area contributed by atoms with Crippen LogP contribution in [0.25, 0.3) is 0 Å². The largest absolute Gasteiger partial charge is 0.280 e. The Hall–Kier alpha value is -2.10. The Kier molecular flexibility index (Phi) is 6.26. The number of halogens is 2. The van der Waals surface area contributed by atoms with Gasteiger partial charge in [-0.25, -0.2) is 16.8 Å². The van der Waals surface area contributed by atoms with Crippen molar-refractivity contribution in [3.8, 4) is 0 Å². The van der Waals surface area contributed by atoms with Gasteiger partial charge in [0.05, 0.1) is 9.92 Å². The highest BCUT2D eigenvalue weighted by Gasteiger charge is 2.29. The molecule has 3 aromatic carbocycles. The summed E-state index contributed by atoms with van der Waals surface area (Å²) in [4.78, 5) is 0.104. The second kappa shape index (κ2) is 8.68. The van der Waals surface area contributed by atoms with E-state index in [9.17, 15) is 16.8 Å². The summed E-state index contributed by atoms with van der Waals surface area (Å²) in [6.07, 6.45) is 0.535. The minimum absolute atomic E-state index is 0.0511. The van der Waals surface area contributed by atoms with Crippen molar-refractivity contribution < 1.29 is 16.8 Å². The molecule has 0 spiro atoms. The molecule has 0 unspecified atom stereocenters. The van der Waals surface area contributed by atoms with E-state index >= 15 is 0 Å². The van der Waals surface area contributed by atoms with Crippen LogP contribution in [0.3, 0.4) is 0 Å². The first kappa shape index (κ1) is 23.1. The molecular formula is C22H20Cl2N2O4S2. The Morgan fingerprint density at radius 2 is 1.59 bits per heavy atom. The van der Waals surface area contributed by atoms with E-state index < -0.39 is 20.0 Å². The molecule has 0 atom stereocenters. The number of rotatable bonds is 5. The molecule has 0 radical (unpaired) electrons. The monoisotopic (exact) mass is 510 g/mol. The van der Waals surface area contributed by atoms with E-state index in [0.717, 1.165) is 16.7 Å². The third kappa shape index (κ3) is 4.65. The predicted molar refractivity (Wildman–Crippen MR) is 126 cm³/mol. The molecule has 0 bridgehead atoms. The fourth-order valence-corrected chi connectivity index (χ4v) is 6.78. The van der Waals surface area contributed by atoms with Crippen LogP contribution in [0.4, 0.5) is 5.69 Å². The number of fused-ring (bicyclic) bond motifs is 1. The minimum Gasteiger partial charge on any atom is -0.280 e. The summed E-state index contributed by atoms with van der Waals surface area (Å²) < 4.78 is 55.7. The molecule has 10 heteroatoms. The summed E-state index contributed by atoms with van der Waals surface area (Å²) in [5.74, 6) is 0. The zero-order chi connectivity index (χ0) is 23.1. The molecule has 3 aromatic rings. The van der Waals surface area contributed by atoms with Gasteiger partial charge in [0.1, 0.15) is 4.90 Å². The molecule has 0 saturated carbocycles. The summed E-state index contributed by atoms with van der Waals surface area (Å²) >= 11 is 12.0. The van der Waals surface area contributed by atoms with Gasteiger partial charge in [-0.2, -0.15) is 4.31 Å². The van der Waals surface area contributed by atoms with Crippen LogP contribution in [0, 0.1) is 6.92 Å². The van der Waals surface area contributed by atoms with E-state index in [1.165, 1.54) is 22.5 Å². The van der Waals surface area contributed by atoms with Crippen LogP contribution in [0.2, 0.25) is 10.0 Å². The molecule has 32 heavy (non-hydrogen) atoms. The number of hydrogen-bond donors (Lipinski definition) is 1.